The fourth-order valence-corrected chi connectivity index (χ4v) is 2.97. The van der Waals surface area contributed by atoms with Crippen molar-refractivity contribution >= 4 is 9.84 Å². The van der Waals surface area contributed by atoms with E-state index in [2.05, 4.69) is 11.2 Å². The lowest BCUT2D eigenvalue weighted by Crippen LogP contribution is -2.39. The van der Waals surface area contributed by atoms with Crippen LogP contribution < -0.4 is 0 Å². The van der Waals surface area contributed by atoms with E-state index in [1.165, 1.54) is 12.8 Å². The van der Waals surface area contributed by atoms with Crippen LogP contribution in [0.2, 0.25) is 0 Å². The number of hydrogen-bond donors (Lipinski definition) is 0. The van der Waals surface area contributed by atoms with Crippen molar-refractivity contribution in [2.75, 3.05) is 13.1 Å². The number of nitrogens with zero attached hydrogens (tertiary/aromatic N) is 1. The summed E-state index contributed by atoms with van der Waals surface area (Å²) in [5.74, 6) is 0. The third kappa shape index (κ3) is 2.23. The molecule has 2 rings (SSSR count). The molecule has 1 saturated carbocycles. The monoisotopic (exact) mass is 202 g/mol. The van der Waals surface area contributed by atoms with Crippen molar-refractivity contribution in [3.8, 4) is 0 Å². The molecule has 1 radical (unpaired) electrons. The standard InChI is InChI=1S/C9H16NO2S/c1-13(11,12)9-4-6-10(7-5-9)8-2-3-8/h8-9H,1-7H2. The summed E-state index contributed by atoms with van der Waals surface area (Å²) in [5, 5.41) is -0.178. The van der Waals surface area contributed by atoms with Gasteiger partial charge in [0.1, 0.15) is 0 Å². The van der Waals surface area contributed by atoms with Crippen molar-refractivity contribution in [3.63, 3.8) is 0 Å². The van der Waals surface area contributed by atoms with Gasteiger partial charge in [0, 0.05) is 6.04 Å². The molecule has 0 aromatic heterocycles. The zero-order chi connectivity index (χ0) is 9.47. The van der Waals surface area contributed by atoms with Gasteiger partial charge in [-0.25, -0.2) is 8.42 Å². The average molecular weight is 202 g/mol. The average Bonchev–Trinajstić information content (AvgIpc) is 2.85. The SMILES string of the molecule is [CH2]S(=O)(=O)C1CCN(C2CC2)CC1. The van der Waals surface area contributed by atoms with Gasteiger partial charge in [0.2, 0.25) is 0 Å². The van der Waals surface area contributed by atoms with Gasteiger partial charge in [-0.15, -0.1) is 0 Å². The molecule has 0 aromatic carbocycles. The lowest BCUT2D eigenvalue weighted by molar-refractivity contribution is 0.221. The molecular weight excluding hydrogens is 186 g/mol. The first-order valence-corrected chi connectivity index (χ1v) is 6.60. The van der Waals surface area contributed by atoms with Crippen LogP contribution in [0.1, 0.15) is 25.7 Å². The Morgan fingerprint density at radius 3 is 2.00 bits per heavy atom. The summed E-state index contributed by atoms with van der Waals surface area (Å²) in [6.07, 6.45) is 7.41. The third-order valence-corrected chi connectivity index (χ3v) is 4.53. The Bertz CT molecular complexity index is 274. The van der Waals surface area contributed by atoms with E-state index in [-0.39, 0.29) is 5.25 Å². The molecule has 0 unspecified atom stereocenters. The highest BCUT2D eigenvalue weighted by molar-refractivity contribution is 7.93. The van der Waals surface area contributed by atoms with Crippen LogP contribution in [0.3, 0.4) is 0 Å². The molecule has 0 spiro atoms. The van der Waals surface area contributed by atoms with Crippen LogP contribution in [0.25, 0.3) is 0 Å². The first-order valence-electron chi connectivity index (χ1n) is 4.88. The first-order chi connectivity index (χ1) is 6.07. The van der Waals surface area contributed by atoms with Gasteiger partial charge in [0.25, 0.3) is 0 Å². The van der Waals surface area contributed by atoms with Crippen LogP contribution in [0.4, 0.5) is 0 Å². The van der Waals surface area contributed by atoms with Crippen molar-refractivity contribution in [2.45, 2.75) is 37.0 Å². The van der Waals surface area contributed by atoms with Crippen molar-refractivity contribution in [1.29, 1.82) is 0 Å². The molecule has 1 aliphatic carbocycles. The van der Waals surface area contributed by atoms with E-state index in [9.17, 15) is 8.42 Å². The summed E-state index contributed by atoms with van der Waals surface area (Å²) < 4.78 is 22.3. The van der Waals surface area contributed by atoms with Crippen molar-refractivity contribution < 1.29 is 8.42 Å². The first kappa shape index (κ1) is 9.46. The Labute approximate surface area is 80.0 Å². The van der Waals surface area contributed by atoms with Crippen molar-refractivity contribution in [1.82, 2.24) is 4.90 Å². The fourth-order valence-electron chi connectivity index (χ4n) is 2.04. The van der Waals surface area contributed by atoms with Crippen LogP contribution in [0, 0.1) is 6.26 Å². The van der Waals surface area contributed by atoms with Gasteiger partial charge in [-0.05, 0) is 38.8 Å². The molecule has 1 aliphatic heterocycles. The largest absolute Gasteiger partial charge is 0.300 e. The van der Waals surface area contributed by atoms with Crippen molar-refractivity contribution in [3.05, 3.63) is 6.26 Å². The van der Waals surface area contributed by atoms with Crippen molar-refractivity contribution in [2.24, 2.45) is 0 Å². The molecule has 0 amide bonds. The zero-order valence-corrected chi connectivity index (χ0v) is 8.59. The lowest BCUT2D eigenvalue weighted by atomic mass is 10.1. The van der Waals surface area contributed by atoms with Crippen LogP contribution in [-0.2, 0) is 9.84 Å². The predicted octanol–water partition coefficient (Wildman–Crippen LogP) is 0.820. The number of sulfone groups is 1. The third-order valence-electron chi connectivity index (χ3n) is 3.05. The van der Waals surface area contributed by atoms with Gasteiger partial charge in [-0.3, -0.25) is 0 Å². The molecule has 75 valence electrons. The number of rotatable bonds is 2. The summed E-state index contributed by atoms with van der Waals surface area (Å²) in [6.45, 7) is 1.90. The van der Waals surface area contributed by atoms with E-state index >= 15 is 0 Å². The minimum Gasteiger partial charge on any atom is -0.300 e. The van der Waals surface area contributed by atoms with Crippen LogP contribution in [-0.4, -0.2) is 37.7 Å². The molecule has 1 saturated heterocycles. The Morgan fingerprint density at radius 1 is 1.08 bits per heavy atom. The summed E-state index contributed by atoms with van der Waals surface area (Å²) in [7, 11) is -3.03. The summed E-state index contributed by atoms with van der Waals surface area (Å²) >= 11 is 0. The number of likely N-dealkylation sites (tertiary alicyclic amines) is 1. The molecule has 0 bridgehead atoms. The van der Waals surface area contributed by atoms with Gasteiger partial charge in [-0.2, -0.15) is 0 Å². The van der Waals surface area contributed by atoms with Gasteiger partial charge < -0.3 is 4.90 Å². The highest BCUT2D eigenvalue weighted by Gasteiger charge is 2.34. The molecule has 4 heteroatoms. The minimum absolute atomic E-state index is 0.178. The Hall–Kier alpha value is -0.0900. The second-order valence-corrected chi connectivity index (χ2v) is 6.12. The quantitative estimate of drug-likeness (QED) is 0.665. The second kappa shape index (κ2) is 3.24. The summed E-state index contributed by atoms with van der Waals surface area (Å²) in [6, 6.07) is 0.772. The van der Waals surface area contributed by atoms with E-state index in [0.29, 0.717) is 0 Å². The van der Waals surface area contributed by atoms with Crippen LogP contribution in [0.15, 0.2) is 0 Å². The Morgan fingerprint density at radius 2 is 1.62 bits per heavy atom. The van der Waals surface area contributed by atoms with E-state index in [1.54, 1.807) is 0 Å². The number of piperidine rings is 1. The maximum atomic E-state index is 11.1. The maximum absolute atomic E-state index is 11.1. The van der Waals surface area contributed by atoms with E-state index in [0.717, 1.165) is 32.0 Å². The molecule has 1 heterocycles. The molecule has 2 aliphatic rings. The molecule has 0 aromatic rings. The fraction of sp³-hybridized carbons (Fsp3) is 0.889. The van der Waals surface area contributed by atoms with Crippen LogP contribution >= 0.6 is 0 Å². The summed E-state index contributed by atoms with van der Waals surface area (Å²) in [5.41, 5.74) is 0. The predicted molar refractivity (Wildman–Crippen MR) is 51.9 cm³/mol. The molecular formula is C9H16NO2S. The van der Waals surface area contributed by atoms with Gasteiger partial charge in [0.15, 0.2) is 9.84 Å². The van der Waals surface area contributed by atoms with Gasteiger partial charge in [-0.1, -0.05) is 0 Å². The molecule has 3 nitrogen and oxygen atoms in total. The molecule has 2 fully saturated rings. The van der Waals surface area contributed by atoms with E-state index in [1.807, 2.05) is 0 Å². The van der Waals surface area contributed by atoms with E-state index < -0.39 is 9.84 Å². The Balaban J connectivity index is 1.88. The lowest BCUT2D eigenvalue weighted by Gasteiger charge is -2.30. The topological polar surface area (TPSA) is 37.4 Å². The van der Waals surface area contributed by atoms with Crippen LogP contribution in [0.5, 0.6) is 0 Å². The highest BCUT2D eigenvalue weighted by Crippen LogP contribution is 2.30. The highest BCUT2D eigenvalue weighted by atomic mass is 32.2. The normalized spacial score (nSPS) is 27.8. The zero-order valence-electron chi connectivity index (χ0n) is 7.78. The number of hydrogen-bond acceptors (Lipinski definition) is 3. The van der Waals surface area contributed by atoms with Gasteiger partial charge in [0.05, 0.1) is 11.5 Å². The summed E-state index contributed by atoms with van der Waals surface area (Å²) in [4.78, 5) is 2.42. The van der Waals surface area contributed by atoms with E-state index in [4.69, 9.17) is 0 Å². The molecule has 0 N–H and O–H groups in total. The van der Waals surface area contributed by atoms with Gasteiger partial charge >= 0.3 is 0 Å². The Kier molecular flexibility index (Phi) is 2.36. The maximum Gasteiger partial charge on any atom is 0.154 e. The molecule has 13 heavy (non-hydrogen) atoms. The smallest absolute Gasteiger partial charge is 0.154 e. The minimum atomic E-state index is -3.03. The molecule has 0 atom stereocenters. The second-order valence-electron chi connectivity index (χ2n) is 4.13.